The van der Waals surface area contributed by atoms with Gasteiger partial charge in [0.25, 0.3) is 0 Å². The Morgan fingerprint density at radius 3 is 2.76 bits per heavy atom. The average Bonchev–Trinajstić information content (AvgIpc) is 2.75. The van der Waals surface area contributed by atoms with Gasteiger partial charge >= 0.3 is 0 Å². The summed E-state index contributed by atoms with van der Waals surface area (Å²) in [5, 5.41) is 3.44. The minimum atomic E-state index is 0.610. The van der Waals surface area contributed by atoms with Gasteiger partial charge in [0, 0.05) is 18.2 Å². The SMILES string of the molecule is CC(C)NCCCCCN(C)Cc1ccoc1. The zero-order valence-corrected chi connectivity index (χ0v) is 11.4. The van der Waals surface area contributed by atoms with E-state index in [4.69, 9.17) is 4.42 Å². The molecule has 17 heavy (non-hydrogen) atoms. The molecule has 0 aliphatic heterocycles. The molecule has 0 unspecified atom stereocenters. The van der Waals surface area contributed by atoms with Gasteiger partial charge in [0.15, 0.2) is 0 Å². The van der Waals surface area contributed by atoms with E-state index in [1.807, 2.05) is 12.3 Å². The van der Waals surface area contributed by atoms with Gasteiger partial charge in [-0.3, -0.25) is 0 Å². The van der Waals surface area contributed by atoms with Crippen LogP contribution in [0.3, 0.4) is 0 Å². The standard InChI is InChI=1S/C14H26N2O/c1-13(2)15-8-5-4-6-9-16(3)11-14-7-10-17-12-14/h7,10,12-13,15H,4-6,8-9,11H2,1-3H3. The first-order chi connectivity index (χ1) is 8.18. The smallest absolute Gasteiger partial charge is 0.0947 e. The van der Waals surface area contributed by atoms with E-state index in [1.54, 1.807) is 6.26 Å². The van der Waals surface area contributed by atoms with Crippen LogP contribution in [0.25, 0.3) is 0 Å². The second-order valence-electron chi connectivity index (χ2n) is 5.04. The van der Waals surface area contributed by atoms with Gasteiger partial charge in [-0.15, -0.1) is 0 Å². The predicted molar refractivity (Wildman–Crippen MR) is 72.0 cm³/mol. The van der Waals surface area contributed by atoms with E-state index < -0.39 is 0 Å². The molecule has 0 bridgehead atoms. The minimum absolute atomic E-state index is 0.610. The maximum absolute atomic E-state index is 5.06. The first-order valence-electron chi connectivity index (χ1n) is 6.61. The molecule has 0 aliphatic carbocycles. The van der Waals surface area contributed by atoms with Gasteiger partial charge in [-0.05, 0) is 39.0 Å². The molecule has 0 spiro atoms. The van der Waals surface area contributed by atoms with E-state index in [-0.39, 0.29) is 0 Å². The molecule has 0 aliphatic rings. The van der Waals surface area contributed by atoms with Crippen LogP contribution in [0.1, 0.15) is 38.7 Å². The lowest BCUT2D eigenvalue weighted by Crippen LogP contribution is -2.24. The topological polar surface area (TPSA) is 28.4 Å². The Labute approximate surface area is 105 Å². The Balaban J connectivity index is 1.95. The molecule has 1 aromatic rings. The van der Waals surface area contributed by atoms with E-state index in [2.05, 4.69) is 31.1 Å². The molecule has 98 valence electrons. The highest BCUT2D eigenvalue weighted by Crippen LogP contribution is 2.05. The summed E-state index contributed by atoms with van der Waals surface area (Å²) in [4.78, 5) is 2.35. The van der Waals surface area contributed by atoms with Crippen LogP contribution in [0.2, 0.25) is 0 Å². The van der Waals surface area contributed by atoms with Crippen LogP contribution in [0.5, 0.6) is 0 Å². The monoisotopic (exact) mass is 238 g/mol. The summed E-state index contributed by atoms with van der Waals surface area (Å²) < 4.78 is 5.06. The Kier molecular flexibility index (Phi) is 6.97. The molecule has 3 heteroatoms. The summed E-state index contributed by atoms with van der Waals surface area (Å²) >= 11 is 0. The third kappa shape index (κ3) is 7.18. The van der Waals surface area contributed by atoms with E-state index in [1.165, 1.54) is 24.8 Å². The fourth-order valence-electron chi connectivity index (χ4n) is 1.85. The van der Waals surface area contributed by atoms with Crippen molar-refractivity contribution in [2.45, 2.75) is 45.7 Å². The maximum Gasteiger partial charge on any atom is 0.0947 e. The van der Waals surface area contributed by atoms with Crippen molar-refractivity contribution >= 4 is 0 Å². The van der Waals surface area contributed by atoms with Crippen LogP contribution >= 0.6 is 0 Å². The summed E-state index contributed by atoms with van der Waals surface area (Å²) in [7, 11) is 2.17. The van der Waals surface area contributed by atoms with E-state index >= 15 is 0 Å². The molecule has 0 saturated heterocycles. The van der Waals surface area contributed by atoms with Gasteiger partial charge in [0.05, 0.1) is 12.5 Å². The van der Waals surface area contributed by atoms with Crippen LogP contribution in [0.15, 0.2) is 23.0 Å². The largest absolute Gasteiger partial charge is 0.472 e. The highest BCUT2D eigenvalue weighted by molar-refractivity contribution is 5.04. The zero-order valence-electron chi connectivity index (χ0n) is 11.4. The number of nitrogens with one attached hydrogen (secondary N) is 1. The minimum Gasteiger partial charge on any atom is -0.472 e. The van der Waals surface area contributed by atoms with Crippen molar-refractivity contribution in [1.29, 1.82) is 0 Å². The molecular formula is C14H26N2O. The van der Waals surface area contributed by atoms with Crippen molar-refractivity contribution in [1.82, 2.24) is 10.2 Å². The normalized spacial score (nSPS) is 11.6. The number of furan rings is 1. The fourth-order valence-corrected chi connectivity index (χ4v) is 1.85. The molecule has 1 rings (SSSR count). The first kappa shape index (κ1) is 14.3. The van der Waals surface area contributed by atoms with E-state index in [0.29, 0.717) is 6.04 Å². The molecule has 0 amide bonds. The summed E-state index contributed by atoms with van der Waals surface area (Å²) in [5.41, 5.74) is 1.26. The lowest BCUT2D eigenvalue weighted by Gasteiger charge is -2.15. The highest BCUT2D eigenvalue weighted by Gasteiger charge is 2.01. The van der Waals surface area contributed by atoms with Crippen LogP contribution in [0.4, 0.5) is 0 Å². The molecule has 1 N–H and O–H groups in total. The summed E-state index contributed by atoms with van der Waals surface area (Å²) in [6.45, 7) is 7.67. The van der Waals surface area contributed by atoms with Crippen LogP contribution < -0.4 is 5.32 Å². The molecule has 0 aromatic carbocycles. The Morgan fingerprint density at radius 1 is 1.29 bits per heavy atom. The van der Waals surface area contributed by atoms with Gasteiger partial charge in [-0.1, -0.05) is 20.3 Å². The summed E-state index contributed by atoms with van der Waals surface area (Å²) in [6.07, 6.45) is 7.41. The van der Waals surface area contributed by atoms with Crippen molar-refractivity contribution in [2.75, 3.05) is 20.1 Å². The zero-order chi connectivity index (χ0) is 12.5. The summed E-state index contributed by atoms with van der Waals surface area (Å²) in [5.74, 6) is 0. The third-order valence-corrected chi connectivity index (χ3v) is 2.80. The summed E-state index contributed by atoms with van der Waals surface area (Å²) in [6, 6.07) is 2.64. The van der Waals surface area contributed by atoms with Crippen LogP contribution in [-0.2, 0) is 6.54 Å². The highest BCUT2D eigenvalue weighted by atomic mass is 16.3. The molecular weight excluding hydrogens is 212 g/mol. The lowest BCUT2D eigenvalue weighted by molar-refractivity contribution is 0.315. The number of nitrogens with zero attached hydrogens (tertiary/aromatic N) is 1. The average molecular weight is 238 g/mol. The third-order valence-electron chi connectivity index (χ3n) is 2.80. The Morgan fingerprint density at radius 2 is 2.12 bits per heavy atom. The molecule has 0 atom stereocenters. The Bertz CT molecular complexity index is 270. The van der Waals surface area contributed by atoms with Gasteiger partial charge in [0.2, 0.25) is 0 Å². The van der Waals surface area contributed by atoms with Gasteiger partial charge in [-0.25, -0.2) is 0 Å². The van der Waals surface area contributed by atoms with Crippen molar-refractivity contribution in [2.24, 2.45) is 0 Å². The fraction of sp³-hybridized carbons (Fsp3) is 0.714. The molecule has 0 fully saturated rings. The molecule has 1 heterocycles. The van der Waals surface area contributed by atoms with Gasteiger partial charge in [-0.2, -0.15) is 0 Å². The molecule has 0 radical (unpaired) electrons. The quantitative estimate of drug-likeness (QED) is 0.671. The number of unbranched alkanes of at least 4 members (excludes halogenated alkanes) is 2. The van der Waals surface area contributed by atoms with Gasteiger partial charge in [0.1, 0.15) is 0 Å². The van der Waals surface area contributed by atoms with Crippen molar-refractivity contribution < 1.29 is 4.42 Å². The van der Waals surface area contributed by atoms with Crippen molar-refractivity contribution in [3.8, 4) is 0 Å². The van der Waals surface area contributed by atoms with Crippen LogP contribution in [-0.4, -0.2) is 31.1 Å². The number of hydrogen-bond donors (Lipinski definition) is 1. The van der Waals surface area contributed by atoms with Crippen molar-refractivity contribution in [3.05, 3.63) is 24.2 Å². The Hall–Kier alpha value is -0.800. The number of hydrogen-bond acceptors (Lipinski definition) is 3. The number of rotatable bonds is 9. The molecule has 0 saturated carbocycles. The predicted octanol–water partition coefficient (Wildman–Crippen LogP) is 2.88. The van der Waals surface area contributed by atoms with E-state index in [9.17, 15) is 0 Å². The second kappa shape index (κ2) is 8.31. The lowest BCUT2D eigenvalue weighted by atomic mass is 10.2. The molecule has 3 nitrogen and oxygen atoms in total. The van der Waals surface area contributed by atoms with Gasteiger partial charge < -0.3 is 14.6 Å². The maximum atomic E-state index is 5.06. The van der Waals surface area contributed by atoms with E-state index in [0.717, 1.165) is 19.6 Å². The molecule has 1 aromatic heterocycles. The van der Waals surface area contributed by atoms with Crippen LogP contribution in [0, 0.1) is 0 Å². The first-order valence-corrected chi connectivity index (χ1v) is 6.61. The second-order valence-corrected chi connectivity index (χ2v) is 5.04. The van der Waals surface area contributed by atoms with Crippen molar-refractivity contribution in [3.63, 3.8) is 0 Å².